The van der Waals surface area contributed by atoms with Gasteiger partial charge in [-0.3, -0.25) is 9.36 Å². The van der Waals surface area contributed by atoms with Crippen LogP contribution in [-0.4, -0.2) is 37.3 Å². The number of methoxy groups -OCH3 is 1. The van der Waals surface area contributed by atoms with Gasteiger partial charge in [-0.25, -0.2) is 4.98 Å². The van der Waals surface area contributed by atoms with E-state index in [-0.39, 0.29) is 17.3 Å². The predicted molar refractivity (Wildman–Crippen MR) is 113 cm³/mol. The fourth-order valence-corrected chi connectivity index (χ4v) is 3.17. The van der Waals surface area contributed by atoms with E-state index in [4.69, 9.17) is 4.74 Å². The van der Waals surface area contributed by atoms with Crippen molar-refractivity contribution in [1.29, 1.82) is 0 Å². The van der Waals surface area contributed by atoms with Crippen molar-refractivity contribution in [3.8, 4) is 11.4 Å². The van der Waals surface area contributed by atoms with Crippen LogP contribution in [0.3, 0.4) is 0 Å². The Kier molecular flexibility index (Phi) is 6.07. The second kappa shape index (κ2) is 9.10. The lowest BCUT2D eigenvalue weighted by Gasteiger charge is -2.14. The molecule has 4 aromatic rings. The minimum Gasteiger partial charge on any atom is -0.495 e. The fourth-order valence-electron chi connectivity index (χ4n) is 3.17. The Morgan fingerprint density at radius 3 is 2.58 bits per heavy atom. The van der Waals surface area contributed by atoms with Crippen LogP contribution in [0.4, 0.5) is 24.7 Å². The molecule has 12 heteroatoms. The van der Waals surface area contributed by atoms with Gasteiger partial charge in [-0.1, -0.05) is 17.3 Å². The lowest BCUT2D eigenvalue weighted by atomic mass is 10.1. The van der Waals surface area contributed by atoms with Crippen LogP contribution < -0.4 is 15.6 Å². The molecule has 0 saturated carbocycles. The number of halogens is 3. The Balaban J connectivity index is 1.55. The average Bonchev–Trinajstić information content (AvgIpc) is 3.33. The fraction of sp³-hybridized carbons (Fsp3) is 0.190. The second-order valence-electron chi connectivity index (χ2n) is 6.98. The number of hydrogen-bond donors (Lipinski definition) is 2. The van der Waals surface area contributed by atoms with E-state index in [1.165, 1.54) is 30.1 Å². The smallest absolute Gasteiger partial charge is 0.416 e. The van der Waals surface area contributed by atoms with E-state index < -0.39 is 17.3 Å². The minimum atomic E-state index is -4.51. The number of benzene rings is 2. The van der Waals surface area contributed by atoms with Crippen LogP contribution in [0.1, 0.15) is 17.0 Å². The van der Waals surface area contributed by atoms with Gasteiger partial charge in [0.05, 0.1) is 18.4 Å². The molecular weight excluding hydrogens is 439 g/mol. The number of aryl methyl sites for hydroxylation is 2. The van der Waals surface area contributed by atoms with Crippen LogP contribution >= 0.6 is 0 Å². The van der Waals surface area contributed by atoms with E-state index in [0.29, 0.717) is 24.4 Å². The molecule has 4 rings (SSSR count). The standard InChI is InChI=1S/C21H18F3N7O2/c1-33-17-12-14(21(22,23)24)5-8-16(17)26-19-20(32)31(11-10-25-19)15-6-2-13(3-7-15)4-9-18-27-29-30-28-18/h2-3,5-8,10-12H,4,9H2,1H3,(H,25,26)(H,27,28,29,30). The predicted octanol–water partition coefficient (Wildman–Crippen LogP) is 3.30. The molecule has 0 aliphatic heterocycles. The van der Waals surface area contributed by atoms with E-state index in [2.05, 4.69) is 30.9 Å². The van der Waals surface area contributed by atoms with Crippen molar-refractivity contribution in [3.63, 3.8) is 0 Å². The van der Waals surface area contributed by atoms with E-state index in [1.54, 1.807) is 12.1 Å². The number of tetrazole rings is 1. The maximum atomic E-state index is 13.0. The Hall–Kier alpha value is -4.22. The summed E-state index contributed by atoms with van der Waals surface area (Å²) < 4.78 is 45.3. The van der Waals surface area contributed by atoms with Crippen LogP contribution in [0.15, 0.2) is 59.7 Å². The van der Waals surface area contributed by atoms with Gasteiger partial charge >= 0.3 is 6.18 Å². The number of anilines is 2. The lowest BCUT2D eigenvalue weighted by Crippen LogP contribution is -2.22. The number of aromatic amines is 1. The van der Waals surface area contributed by atoms with Gasteiger partial charge in [-0.2, -0.15) is 18.4 Å². The van der Waals surface area contributed by atoms with Crippen molar-refractivity contribution in [2.75, 3.05) is 12.4 Å². The molecule has 170 valence electrons. The lowest BCUT2D eigenvalue weighted by molar-refractivity contribution is -0.137. The molecule has 0 saturated heterocycles. The van der Waals surface area contributed by atoms with Gasteiger partial charge < -0.3 is 10.1 Å². The summed E-state index contributed by atoms with van der Waals surface area (Å²) in [7, 11) is 1.25. The van der Waals surface area contributed by atoms with Gasteiger partial charge in [0, 0.05) is 24.5 Å². The Morgan fingerprint density at radius 2 is 1.91 bits per heavy atom. The van der Waals surface area contributed by atoms with Crippen LogP contribution in [0.5, 0.6) is 5.75 Å². The van der Waals surface area contributed by atoms with Gasteiger partial charge in [0.25, 0.3) is 5.56 Å². The normalized spacial score (nSPS) is 11.4. The Labute approximate surface area is 185 Å². The molecule has 0 atom stereocenters. The van der Waals surface area contributed by atoms with Crippen molar-refractivity contribution in [2.45, 2.75) is 19.0 Å². The van der Waals surface area contributed by atoms with Crippen molar-refractivity contribution in [2.24, 2.45) is 0 Å². The highest BCUT2D eigenvalue weighted by Crippen LogP contribution is 2.35. The van der Waals surface area contributed by atoms with Crippen molar-refractivity contribution >= 4 is 11.5 Å². The zero-order valence-electron chi connectivity index (χ0n) is 17.3. The molecule has 0 amide bonds. The Morgan fingerprint density at radius 1 is 1.12 bits per heavy atom. The van der Waals surface area contributed by atoms with E-state index in [9.17, 15) is 18.0 Å². The molecule has 9 nitrogen and oxygen atoms in total. The molecule has 0 bridgehead atoms. The third-order valence-corrected chi connectivity index (χ3v) is 4.86. The second-order valence-corrected chi connectivity index (χ2v) is 6.98. The van der Waals surface area contributed by atoms with Gasteiger partial charge in [0.2, 0.25) is 0 Å². The minimum absolute atomic E-state index is 0.0586. The number of alkyl halides is 3. The number of nitrogens with zero attached hydrogens (tertiary/aromatic N) is 5. The SMILES string of the molecule is COc1cc(C(F)(F)F)ccc1Nc1nccn(-c2ccc(CCc3nn[nH]n3)cc2)c1=O. The summed E-state index contributed by atoms with van der Waals surface area (Å²) in [6, 6.07) is 10.3. The molecule has 2 heterocycles. The summed E-state index contributed by atoms with van der Waals surface area (Å²) in [6.07, 6.45) is -0.267. The molecule has 0 aliphatic rings. The zero-order chi connectivity index (χ0) is 23.4. The number of hydrogen-bond acceptors (Lipinski definition) is 7. The van der Waals surface area contributed by atoms with Crippen LogP contribution in [0.25, 0.3) is 5.69 Å². The number of rotatable bonds is 7. The maximum absolute atomic E-state index is 13.0. The van der Waals surface area contributed by atoms with Crippen molar-refractivity contribution in [1.82, 2.24) is 30.2 Å². The maximum Gasteiger partial charge on any atom is 0.416 e. The van der Waals surface area contributed by atoms with Crippen molar-refractivity contribution in [3.05, 3.63) is 82.2 Å². The van der Waals surface area contributed by atoms with E-state index in [0.717, 1.165) is 17.7 Å². The highest BCUT2D eigenvalue weighted by atomic mass is 19.4. The van der Waals surface area contributed by atoms with Gasteiger partial charge in [0.15, 0.2) is 11.6 Å². The first-order valence-corrected chi connectivity index (χ1v) is 9.76. The molecule has 0 fully saturated rings. The summed E-state index contributed by atoms with van der Waals surface area (Å²) in [5.41, 5.74) is 0.484. The third kappa shape index (κ3) is 5.00. The first-order valence-electron chi connectivity index (χ1n) is 9.76. The summed E-state index contributed by atoms with van der Waals surface area (Å²) in [5, 5.41) is 16.5. The molecule has 0 aliphatic carbocycles. The first-order chi connectivity index (χ1) is 15.8. The third-order valence-electron chi connectivity index (χ3n) is 4.86. The summed E-state index contributed by atoms with van der Waals surface area (Å²) in [6.45, 7) is 0. The highest BCUT2D eigenvalue weighted by Gasteiger charge is 2.31. The average molecular weight is 457 g/mol. The molecule has 0 radical (unpaired) electrons. The van der Waals surface area contributed by atoms with E-state index in [1.807, 2.05) is 12.1 Å². The Bertz CT molecular complexity index is 1290. The number of ether oxygens (including phenoxy) is 1. The monoisotopic (exact) mass is 457 g/mol. The molecule has 0 unspecified atom stereocenters. The first kappa shape index (κ1) is 22.0. The van der Waals surface area contributed by atoms with Gasteiger partial charge in [-0.15, -0.1) is 10.2 Å². The van der Waals surface area contributed by atoms with Crippen LogP contribution in [0, 0.1) is 0 Å². The molecule has 2 N–H and O–H groups in total. The zero-order valence-corrected chi connectivity index (χ0v) is 17.3. The summed E-state index contributed by atoms with van der Waals surface area (Å²) in [4.78, 5) is 17.0. The molecule has 2 aromatic carbocycles. The summed E-state index contributed by atoms with van der Waals surface area (Å²) >= 11 is 0. The van der Waals surface area contributed by atoms with Gasteiger partial charge in [0.1, 0.15) is 5.75 Å². The molecule has 2 aromatic heterocycles. The molecule has 33 heavy (non-hydrogen) atoms. The molecular formula is C21H18F3N7O2. The molecule has 0 spiro atoms. The van der Waals surface area contributed by atoms with Gasteiger partial charge in [-0.05, 0) is 42.3 Å². The number of H-pyrrole nitrogens is 1. The van der Waals surface area contributed by atoms with E-state index >= 15 is 0 Å². The number of nitrogens with one attached hydrogen (secondary N) is 2. The van der Waals surface area contributed by atoms with Crippen molar-refractivity contribution < 1.29 is 17.9 Å². The summed E-state index contributed by atoms with van der Waals surface area (Å²) in [5.74, 6) is 0.489. The highest BCUT2D eigenvalue weighted by molar-refractivity contribution is 5.65. The van der Waals surface area contributed by atoms with Crippen LogP contribution in [-0.2, 0) is 19.0 Å². The largest absolute Gasteiger partial charge is 0.495 e. The quantitative estimate of drug-likeness (QED) is 0.438. The number of aromatic nitrogens is 6. The topological polar surface area (TPSA) is 111 Å². The van der Waals surface area contributed by atoms with Crippen LogP contribution in [0.2, 0.25) is 0 Å².